The van der Waals surface area contributed by atoms with Gasteiger partial charge in [0, 0.05) is 19.1 Å². The molecule has 0 spiro atoms. The molecule has 122 valence electrons. The number of carbonyl (C=O) groups excluding carboxylic acids is 1. The van der Waals surface area contributed by atoms with Crippen LogP contribution < -0.4 is 5.32 Å². The van der Waals surface area contributed by atoms with Crippen LogP contribution in [0, 0.1) is 11.3 Å². The average Bonchev–Trinajstić information content (AvgIpc) is 2.86. The van der Waals surface area contributed by atoms with E-state index in [1.165, 1.54) is 0 Å². The van der Waals surface area contributed by atoms with E-state index >= 15 is 0 Å². The molecule has 21 heavy (non-hydrogen) atoms. The summed E-state index contributed by atoms with van der Waals surface area (Å²) in [4.78, 5) is 25.5. The van der Waals surface area contributed by atoms with Crippen molar-refractivity contribution in [2.45, 2.75) is 65.8 Å². The van der Waals surface area contributed by atoms with Crippen LogP contribution in [0.5, 0.6) is 0 Å². The van der Waals surface area contributed by atoms with Crippen molar-refractivity contribution < 1.29 is 14.7 Å². The monoisotopic (exact) mass is 298 g/mol. The van der Waals surface area contributed by atoms with Crippen LogP contribution in [0.2, 0.25) is 0 Å². The van der Waals surface area contributed by atoms with E-state index < -0.39 is 11.4 Å². The van der Waals surface area contributed by atoms with Gasteiger partial charge in [-0.3, -0.25) is 4.79 Å². The van der Waals surface area contributed by atoms with E-state index in [2.05, 4.69) is 19.2 Å². The van der Waals surface area contributed by atoms with Crippen molar-refractivity contribution >= 4 is 12.0 Å². The largest absolute Gasteiger partial charge is 0.481 e. The zero-order valence-electron chi connectivity index (χ0n) is 13.8. The maximum atomic E-state index is 12.3. The second-order valence-corrected chi connectivity index (χ2v) is 6.32. The Morgan fingerprint density at radius 2 is 1.90 bits per heavy atom. The third-order valence-corrected chi connectivity index (χ3v) is 4.93. The number of aliphatic carboxylic acids is 1. The Balaban J connectivity index is 2.63. The summed E-state index contributed by atoms with van der Waals surface area (Å²) in [5, 5.41) is 12.5. The van der Waals surface area contributed by atoms with E-state index in [9.17, 15) is 14.7 Å². The van der Waals surface area contributed by atoms with E-state index in [1.807, 2.05) is 13.8 Å². The lowest BCUT2D eigenvalue weighted by Gasteiger charge is -2.27. The van der Waals surface area contributed by atoms with Gasteiger partial charge in [-0.2, -0.15) is 0 Å². The van der Waals surface area contributed by atoms with Crippen LogP contribution in [-0.4, -0.2) is 41.1 Å². The quantitative estimate of drug-likeness (QED) is 0.759. The molecule has 1 saturated heterocycles. The molecule has 0 radical (unpaired) electrons. The number of likely N-dealkylation sites (tertiary alicyclic amines) is 1. The smallest absolute Gasteiger partial charge is 0.317 e. The maximum Gasteiger partial charge on any atom is 0.317 e. The van der Waals surface area contributed by atoms with Crippen molar-refractivity contribution in [2.75, 3.05) is 13.1 Å². The predicted octanol–water partition coefficient (Wildman–Crippen LogP) is 3.10. The number of nitrogens with zero attached hydrogens (tertiary/aromatic N) is 1. The van der Waals surface area contributed by atoms with Gasteiger partial charge in [0.2, 0.25) is 0 Å². The highest BCUT2D eigenvalue weighted by molar-refractivity contribution is 5.79. The second kappa shape index (κ2) is 7.66. The molecule has 2 N–H and O–H groups in total. The highest BCUT2D eigenvalue weighted by Crippen LogP contribution is 2.35. The molecule has 1 heterocycles. The molecule has 1 aliphatic rings. The fraction of sp³-hybridized carbons (Fsp3) is 0.875. The van der Waals surface area contributed by atoms with E-state index in [-0.39, 0.29) is 12.1 Å². The lowest BCUT2D eigenvalue weighted by Crippen LogP contribution is -2.46. The number of carbonyl (C=O) groups is 2. The molecule has 2 unspecified atom stereocenters. The van der Waals surface area contributed by atoms with Crippen LogP contribution in [0.3, 0.4) is 0 Å². The van der Waals surface area contributed by atoms with E-state index in [0.717, 1.165) is 19.3 Å². The van der Waals surface area contributed by atoms with Crippen LogP contribution >= 0.6 is 0 Å². The number of carboxylic acids is 1. The molecule has 1 rings (SSSR count). The Labute approximate surface area is 128 Å². The van der Waals surface area contributed by atoms with Gasteiger partial charge < -0.3 is 15.3 Å². The topological polar surface area (TPSA) is 69.6 Å². The van der Waals surface area contributed by atoms with Crippen molar-refractivity contribution in [3.8, 4) is 0 Å². The summed E-state index contributed by atoms with van der Waals surface area (Å²) < 4.78 is 0. The molecule has 0 saturated carbocycles. The van der Waals surface area contributed by atoms with Gasteiger partial charge in [0.1, 0.15) is 0 Å². The number of nitrogens with one attached hydrogen (secondary N) is 1. The number of hydrogen-bond donors (Lipinski definition) is 2. The minimum Gasteiger partial charge on any atom is -0.481 e. The minimum absolute atomic E-state index is 0.117. The van der Waals surface area contributed by atoms with Crippen molar-refractivity contribution in [3.63, 3.8) is 0 Å². The third kappa shape index (κ3) is 4.11. The van der Waals surface area contributed by atoms with E-state index in [4.69, 9.17) is 0 Å². The summed E-state index contributed by atoms with van der Waals surface area (Å²) in [6, 6.07) is 0.00660. The van der Waals surface area contributed by atoms with Crippen LogP contribution in [0.25, 0.3) is 0 Å². The number of hydrogen-bond acceptors (Lipinski definition) is 2. The first kappa shape index (κ1) is 17.8. The normalized spacial score (nSPS) is 23.4. The van der Waals surface area contributed by atoms with Crippen molar-refractivity contribution in [1.29, 1.82) is 0 Å². The first-order valence-electron chi connectivity index (χ1n) is 8.19. The maximum absolute atomic E-state index is 12.3. The fourth-order valence-corrected chi connectivity index (χ4v) is 3.41. The molecular weight excluding hydrogens is 268 g/mol. The predicted molar refractivity (Wildman–Crippen MR) is 83.2 cm³/mol. The molecule has 0 aliphatic carbocycles. The van der Waals surface area contributed by atoms with Gasteiger partial charge >= 0.3 is 12.0 Å². The van der Waals surface area contributed by atoms with E-state index in [0.29, 0.717) is 31.8 Å². The fourth-order valence-electron chi connectivity index (χ4n) is 3.41. The molecular formula is C16H30N2O3. The molecule has 0 aromatic rings. The van der Waals surface area contributed by atoms with Crippen molar-refractivity contribution in [2.24, 2.45) is 11.3 Å². The van der Waals surface area contributed by atoms with E-state index in [1.54, 1.807) is 4.90 Å². The molecule has 0 aromatic carbocycles. The van der Waals surface area contributed by atoms with Crippen LogP contribution in [0.4, 0.5) is 4.79 Å². The molecule has 0 bridgehead atoms. The van der Waals surface area contributed by atoms with Crippen LogP contribution in [0.1, 0.15) is 59.8 Å². The van der Waals surface area contributed by atoms with Crippen molar-refractivity contribution in [1.82, 2.24) is 10.2 Å². The number of rotatable bonds is 7. The standard InChI is InChI=1S/C16H30N2O3/c1-5-8-16(14(19)20)9-10-18(11-16)15(21)17-12(4)13(6-2)7-3/h12-13H,5-11H2,1-4H3,(H,17,21)(H,19,20). The zero-order valence-corrected chi connectivity index (χ0v) is 13.8. The lowest BCUT2D eigenvalue weighted by molar-refractivity contribution is -0.148. The van der Waals surface area contributed by atoms with Crippen molar-refractivity contribution in [3.05, 3.63) is 0 Å². The zero-order chi connectivity index (χ0) is 16.0. The molecule has 2 atom stereocenters. The molecule has 1 fully saturated rings. The summed E-state index contributed by atoms with van der Waals surface area (Å²) in [6.07, 6.45) is 4.09. The Hall–Kier alpha value is -1.26. The lowest BCUT2D eigenvalue weighted by atomic mass is 9.83. The first-order chi connectivity index (χ1) is 9.90. The molecule has 1 aliphatic heterocycles. The average molecular weight is 298 g/mol. The second-order valence-electron chi connectivity index (χ2n) is 6.32. The minimum atomic E-state index is -0.771. The highest BCUT2D eigenvalue weighted by atomic mass is 16.4. The SMILES string of the molecule is CCCC1(C(=O)O)CCN(C(=O)NC(C)C(CC)CC)C1. The van der Waals surface area contributed by atoms with Gasteiger partial charge in [-0.1, -0.05) is 40.0 Å². The van der Waals surface area contributed by atoms with Gasteiger partial charge in [0.05, 0.1) is 5.41 Å². The van der Waals surface area contributed by atoms with Gasteiger partial charge in [0.15, 0.2) is 0 Å². The Bertz CT molecular complexity index is 369. The Morgan fingerprint density at radius 3 is 2.38 bits per heavy atom. The first-order valence-corrected chi connectivity index (χ1v) is 8.19. The molecule has 0 aromatic heterocycles. The number of urea groups is 1. The Kier molecular flexibility index (Phi) is 6.49. The number of carboxylic acid groups (broad SMARTS) is 1. The van der Waals surface area contributed by atoms with Gasteiger partial charge in [-0.15, -0.1) is 0 Å². The molecule has 5 nitrogen and oxygen atoms in total. The summed E-state index contributed by atoms with van der Waals surface area (Å²) in [5.41, 5.74) is -0.746. The van der Waals surface area contributed by atoms with Crippen LogP contribution in [-0.2, 0) is 4.79 Å². The summed E-state index contributed by atoms with van der Waals surface area (Å²) in [7, 11) is 0. The summed E-state index contributed by atoms with van der Waals surface area (Å²) in [6.45, 7) is 9.14. The van der Waals surface area contributed by atoms with Gasteiger partial charge in [0.25, 0.3) is 0 Å². The summed E-state index contributed by atoms with van der Waals surface area (Å²) >= 11 is 0. The highest BCUT2D eigenvalue weighted by Gasteiger charge is 2.45. The van der Waals surface area contributed by atoms with Crippen LogP contribution in [0.15, 0.2) is 0 Å². The Morgan fingerprint density at radius 1 is 1.29 bits per heavy atom. The third-order valence-electron chi connectivity index (χ3n) is 4.93. The summed E-state index contributed by atoms with van der Waals surface area (Å²) in [5.74, 6) is -0.302. The van der Waals surface area contributed by atoms with Gasteiger partial charge in [-0.05, 0) is 25.7 Å². The molecule has 2 amide bonds. The molecule has 5 heteroatoms. The number of amides is 2. The van der Waals surface area contributed by atoms with Gasteiger partial charge in [-0.25, -0.2) is 4.79 Å².